The predicted octanol–water partition coefficient (Wildman–Crippen LogP) is 2.75. The second-order valence-corrected chi connectivity index (χ2v) is 6.17. The molecule has 17 heavy (non-hydrogen) atoms. The number of hydrogen-bond acceptors (Lipinski definition) is 3. The molecule has 1 N–H and O–H groups in total. The fourth-order valence-electron chi connectivity index (χ4n) is 2.19. The van der Waals surface area contributed by atoms with Gasteiger partial charge in [-0.05, 0) is 62.5 Å². The lowest BCUT2D eigenvalue weighted by molar-refractivity contribution is 0.236. The topological polar surface area (TPSA) is 15.3 Å². The summed E-state index contributed by atoms with van der Waals surface area (Å²) < 4.78 is 0. The van der Waals surface area contributed by atoms with Crippen molar-refractivity contribution in [3.05, 3.63) is 22.4 Å². The molecule has 0 spiro atoms. The van der Waals surface area contributed by atoms with E-state index in [4.69, 9.17) is 0 Å². The van der Waals surface area contributed by atoms with Gasteiger partial charge in [-0.2, -0.15) is 11.3 Å². The second kappa shape index (κ2) is 5.98. The van der Waals surface area contributed by atoms with Crippen molar-refractivity contribution < 1.29 is 0 Å². The van der Waals surface area contributed by atoms with Gasteiger partial charge in [-0.3, -0.25) is 4.90 Å². The van der Waals surface area contributed by atoms with Gasteiger partial charge in [0.25, 0.3) is 0 Å². The van der Waals surface area contributed by atoms with Crippen LogP contribution >= 0.6 is 11.3 Å². The minimum absolute atomic E-state index is 0.569. The van der Waals surface area contributed by atoms with Crippen molar-refractivity contribution in [1.29, 1.82) is 0 Å². The first-order chi connectivity index (χ1) is 8.16. The van der Waals surface area contributed by atoms with Crippen molar-refractivity contribution in [3.63, 3.8) is 0 Å². The van der Waals surface area contributed by atoms with E-state index in [-0.39, 0.29) is 0 Å². The van der Waals surface area contributed by atoms with E-state index in [1.807, 2.05) is 0 Å². The van der Waals surface area contributed by atoms with Crippen molar-refractivity contribution in [2.45, 2.75) is 51.2 Å². The first kappa shape index (κ1) is 13.1. The molecule has 0 radical (unpaired) electrons. The van der Waals surface area contributed by atoms with Crippen LogP contribution in [0.25, 0.3) is 0 Å². The van der Waals surface area contributed by atoms with Gasteiger partial charge in [0.1, 0.15) is 0 Å². The molecule has 3 heteroatoms. The van der Waals surface area contributed by atoms with Crippen LogP contribution in [-0.2, 0) is 6.42 Å². The van der Waals surface area contributed by atoms with Crippen LogP contribution in [0.2, 0.25) is 0 Å². The Labute approximate surface area is 109 Å². The van der Waals surface area contributed by atoms with E-state index in [9.17, 15) is 0 Å². The van der Waals surface area contributed by atoms with E-state index in [1.54, 1.807) is 11.3 Å². The number of nitrogens with one attached hydrogen (secondary N) is 1. The molecule has 0 bridgehead atoms. The molecule has 96 valence electrons. The van der Waals surface area contributed by atoms with Gasteiger partial charge < -0.3 is 5.32 Å². The normalized spacial score (nSPS) is 19.5. The molecule has 0 saturated heterocycles. The molecule has 1 heterocycles. The van der Waals surface area contributed by atoms with Crippen LogP contribution in [0.15, 0.2) is 16.8 Å². The molecular weight excluding hydrogens is 228 g/mol. The Morgan fingerprint density at radius 2 is 2.24 bits per heavy atom. The highest BCUT2D eigenvalue weighted by Crippen LogP contribution is 2.26. The number of thiophene rings is 1. The first-order valence-corrected chi connectivity index (χ1v) is 7.57. The fourth-order valence-corrected chi connectivity index (χ4v) is 2.87. The van der Waals surface area contributed by atoms with Gasteiger partial charge in [0, 0.05) is 24.7 Å². The number of nitrogens with zero attached hydrogens (tertiary/aromatic N) is 1. The summed E-state index contributed by atoms with van der Waals surface area (Å²) in [4.78, 5) is 2.52. The molecule has 0 aromatic carbocycles. The second-order valence-electron chi connectivity index (χ2n) is 5.39. The summed E-state index contributed by atoms with van der Waals surface area (Å²) in [6, 6.07) is 4.30. The Balaban J connectivity index is 1.66. The Bertz CT molecular complexity index is 319. The molecule has 1 aliphatic rings. The number of likely N-dealkylation sites (N-methyl/N-ethyl adjacent to an activating group) is 1. The average molecular weight is 252 g/mol. The van der Waals surface area contributed by atoms with E-state index in [0.717, 1.165) is 19.0 Å². The van der Waals surface area contributed by atoms with Crippen molar-refractivity contribution in [1.82, 2.24) is 10.2 Å². The first-order valence-electron chi connectivity index (χ1n) is 6.63. The van der Waals surface area contributed by atoms with E-state index in [1.165, 1.54) is 18.4 Å². The van der Waals surface area contributed by atoms with Gasteiger partial charge in [-0.25, -0.2) is 0 Å². The van der Waals surface area contributed by atoms with Crippen molar-refractivity contribution in [2.24, 2.45) is 0 Å². The summed E-state index contributed by atoms with van der Waals surface area (Å²) in [6.45, 7) is 5.70. The summed E-state index contributed by atoms with van der Waals surface area (Å²) in [5.74, 6) is 0. The summed E-state index contributed by atoms with van der Waals surface area (Å²) in [7, 11) is 2.26. The zero-order chi connectivity index (χ0) is 12.3. The maximum Gasteiger partial charge on any atom is 0.0192 e. The zero-order valence-corrected chi connectivity index (χ0v) is 12.0. The quantitative estimate of drug-likeness (QED) is 0.803. The third-order valence-electron chi connectivity index (χ3n) is 3.70. The Morgan fingerprint density at radius 1 is 1.47 bits per heavy atom. The molecule has 1 saturated carbocycles. The Morgan fingerprint density at radius 3 is 2.82 bits per heavy atom. The zero-order valence-electron chi connectivity index (χ0n) is 11.1. The van der Waals surface area contributed by atoms with Crippen molar-refractivity contribution in [2.75, 3.05) is 13.6 Å². The molecule has 2 rings (SSSR count). The molecule has 1 aliphatic carbocycles. The monoisotopic (exact) mass is 252 g/mol. The number of rotatable bonds is 7. The van der Waals surface area contributed by atoms with Crippen LogP contribution in [0, 0.1) is 0 Å². The largest absolute Gasteiger partial charge is 0.312 e. The van der Waals surface area contributed by atoms with Gasteiger partial charge in [0.15, 0.2) is 0 Å². The van der Waals surface area contributed by atoms with Crippen LogP contribution in [0.5, 0.6) is 0 Å². The standard InChI is InChI=1S/C14H24N2S/c1-11(8-13-6-7-17-10-13)15-9-12(2)16(3)14-4-5-14/h6-7,10-12,14-15H,4-5,8-9H2,1-3H3/t11-,12+/m0/s1. The lowest BCUT2D eigenvalue weighted by Gasteiger charge is -2.26. The lowest BCUT2D eigenvalue weighted by Crippen LogP contribution is -2.42. The van der Waals surface area contributed by atoms with Crippen LogP contribution in [-0.4, -0.2) is 36.6 Å². The maximum atomic E-state index is 3.65. The highest BCUT2D eigenvalue weighted by Gasteiger charge is 2.28. The highest BCUT2D eigenvalue weighted by atomic mass is 32.1. The van der Waals surface area contributed by atoms with Crippen LogP contribution in [0.4, 0.5) is 0 Å². The third-order valence-corrected chi connectivity index (χ3v) is 4.43. The SMILES string of the molecule is C[C@H](CN[C@@H](C)Cc1ccsc1)N(C)C1CC1. The van der Waals surface area contributed by atoms with Crippen LogP contribution in [0.1, 0.15) is 32.3 Å². The smallest absolute Gasteiger partial charge is 0.0192 e. The molecule has 1 aromatic heterocycles. The molecular formula is C14H24N2S. The summed E-state index contributed by atoms with van der Waals surface area (Å²) in [6.07, 6.45) is 3.93. The van der Waals surface area contributed by atoms with Gasteiger partial charge in [-0.1, -0.05) is 0 Å². The average Bonchev–Trinajstić information content (AvgIpc) is 3.05. The van der Waals surface area contributed by atoms with Crippen molar-refractivity contribution >= 4 is 11.3 Å². The Hall–Kier alpha value is -0.380. The van der Waals surface area contributed by atoms with Gasteiger partial charge in [-0.15, -0.1) is 0 Å². The molecule has 0 unspecified atom stereocenters. The number of hydrogen-bond donors (Lipinski definition) is 1. The highest BCUT2D eigenvalue weighted by molar-refractivity contribution is 7.07. The molecule has 1 fully saturated rings. The van der Waals surface area contributed by atoms with Crippen LogP contribution in [0.3, 0.4) is 0 Å². The molecule has 2 atom stereocenters. The van der Waals surface area contributed by atoms with E-state index in [0.29, 0.717) is 12.1 Å². The van der Waals surface area contributed by atoms with E-state index < -0.39 is 0 Å². The van der Waals surface area contributed by atoms with Crippen LogP contribution < -0.4 is 5.32 Å². The minimum atomic E-state index is 0.569. The third kappa shape index (κ3) is 4.09. The van der Waals surface area contributed by atoms with Gasteiger partial charge >= 0.3 is 0 Å². The fraction of sp³-hybridized carbons (Fsp3) is 0.714. The summed E-state index contributed by atoms with van der Waals surface area (Å²) in [5.41, 5.74) is 1.46. The van der Waals surface area contributed by atoms with Gasteiger partial charge in [0.05, 0.1) is 0 Å². The van der Waals surface area contributed by atoms with E-state index >= 15 is 0 Å². The summed E-state index contributed by atoms with van der Waals surface area (Å²) in [5, 5.41) is 8.05. The van der Waals surface area contributed by atoms with Gasteiger partial charge in [0.2, 0.25) is 0 Å². The molecule has 1 aromatic rings. The van der Waals surface area contributed by atoms with E-state index in [2.05, 4.69) is 47.9 Å². The maximum absolute atomic E-state index is 3.65. The lowest BCUT2D eigenvalue weighted by atomic mass is 10.1. The molecule has 0 amide bonds. The molecule has 0 aliphatic heterocycles. The summed E-state index contributed by atoms with van der Waals surface area (Å²) >= 11 is 1.79. The predicted molar refractivity (Wildman–Crippen MR) is 75.7 cm³/mol. The minimum Gasteiger partial charge on any atom is -0.312 e. The Kier molecular flexibility index (Phi) is 4.60. The van der Waals surface area contributed by atoms with Crippen molar-refractivity contribution in [3.8, 4) is 0 Å². The molecule has 2 nitrogen and oxygen atoms in total.